The van der Waals surface area contributed by atoms with E-state index in [2.05, 4.69) is 51.4 Å². The molecule has 2 heterocycles. The molecule has 0 saturated carbocycles. The smallest absolute Gasteiger partial charge is 0.173 e. The lowest BCUT2D eigenvalue weighted by atomic mass is 10.1. The molecule has 0 unspecified atom stereocenters. The molecule has 0 spiro atoms. The molecule has 0 aliphatic carbocycles. The quantitative estimate of drug-likeness (QED) is 0.578. The van der Waals surface area contributed by atoms with Gasteiger partial charge in [0, 0.05) is 32.7 Å². The second-order valence-electron chi connectivity index (χ2n) is 8.51. The van der Waals surface area contributed by atoms with Crippen molar-refractivity contribution in [3.05, 3.63) is 82.4 Å². The molecule has 0 radical (unpaired) electrons. The van der Waals surface area contributed by atoms with Gasteiger partial charge in [-0.1, -0.05) is 42.0 Å². The van der Waals surface area contributed by atoms with Crippen LogP contribution in [0.1, 0.15) is 28.1 Å². The standard InChI is InChI=1S/C25H30FN5S/c1-18-4-6-21(7-5-18)16-29-12-14-30(15-13-29)25(32)27-24-19(2)28-31(20(24)3)17-22-8-10-23(26)11-9-22/h4-11H,12-17H2,1-3H3,(H,27,32). The van der Waals surface area contributed by atoms with Gasteiger partial charge in [-0.2, -0.15) is 5.10 Å². The topological polar surface area (TPSA) is 36.3 Å². The predicted molar refractivity (Wildman–Crippen MR) is 131 cm³/mol. The van der Waals surface area contributed by atoms with Gasteiger partial charge in [0.1, 0.15) is 5.82 Å². The fourth-order valence-corrected chi connectivity index (χ4v) is 4.33. The van der Waals surface area contributed by atoms with Crippen molar-refractivity contribution in [3.8, 4) is 0 Å². The van der Waals surface area contributed by atoms with Crippen LogP contribution in [0.2, 0.25) is 0 Å². The van der Waals surface area contributed by atoms with E-state index in [0.717, 1.165) is 60.5 Å². The molecule has 32 heavy (non-hydrogen) atoms. The first-order chi connectivity index (χ1) is 15.4. The third kappa shape index (κ3) is 5.34. The summed E-state index contributed by atoms with van der Waals surface area (Å²) in [6.07, 6.45) is 0. The molecule has 168 valence electrons. The molecular weight excluding hydrogens is 421 g/mol. The summed E-state index contributed by atoms with van der Waals surface area (Å²) in [5.41, 5.74) is 6.54. The molecule has 1 aliphatic rings. The molecule has 1 aliphatic heterocycles. The molecule has 5 nitrogen and oxygen atoms in total. The number of aromatic nitrogens is 2. The normalized spacial score (nSPS) is 14.6. The van der Waals surface area contributed by atoms with E-state index in [9.17, 15) is 4.39 Å². The maximum absolute atomic E-state index is 13.2. The number of thiocarbonyl (C=S) groups is 1. The van der Waals surface area contributed by atoms with Crippen LogP contribution in [0.5, 0.6) is 0 Å². The Kier molecular flexibility index (Phi) is 6.86. The van der Waals surface area contributed by atoms with Crippen LogP contribution >= 0.6 is 12.2 Å². The lowest BCUT2D eigenvalue weighted by Crippen LogP contribution is -2.49. The lowest BCUT2D eigenvalue weighted by Gasteiger charge is -2.36. The zero-order valence-electron chi connectivity index (χ0n) is 18.9. The second kappa shape index (κ2) is 9.79. The van der Waals surface area contributed by atoms with Gasteiger partial charge < -0.3 is 10.2 Å². The zero-order chi connectivity index (χ0) is 22.7. The minimum Gasteiger partial charge on any atom is -0.346 e. The van der Waals surface area contributed by atoms with Crippen LogP contribution in [-0.4, -0.2) is 50.9 Å². The number of nitrogens with one attached hydrogen (secondary N) is 1. The highest BCUT2D eigenvalue weighted by atomic mass is 32.1. The van der Waals surface area contributed by atoms with E-state index < -0.39 is 0 Å². The van der Waals surface area contributed by atoms with E-state index in [-0.39, 0.29) is 5.82 Å². The number of halogens is 1. The summed E-state index contributed by atoms with van der Waals surface area (Å²) in [5, 5.41) is 8.84. The van der Waals surface area contributed by atoms with Gasteiger partial charge in [-0.05, 0) is 56.2 Å². The summed E-state index contributed by atoms with van der Waals surface area (Å²) in [4.78, 5) is 4.71. The largest absolute Gasteiger partial charge is 0.346 e. The molecule has 0 amide bonds. The molecule has 0 bridgehead atoms. The van der Waals surface area contributed by atoms with Crippen LogP contribution in [0.25, 0.3) is 0 Å². The summed E-state index contributed by atoms with van der Waals surface area (Å²) in [5.74, 6) is -0.228. The SMILES string of the molecule is Cc1ccc(CN2CCN(C(=S)Nc3c(C)nn(Cc4ccc(F)cc4)c3C)CC2)cc1. The van der Waals surface area contributed by atoms with Crippen molar-refractivity contribution in [2.24, 2.45) is 0 Å². The Morgan fingerprint density at radius 3 is 2.16 bits per heavy atom. The number of rotatable bonds is 5. The molecule has 2 aromatic carbocycles. The van der Waals surface area contributed by atoms with Gasteiger partial charge in [0.25, 0.3) is 0 Å². The first kappa shape index (κ1) is 22.4. The summed E-state index contributed by atoms with van der Waals surface area (Å²) < 4.78 is 15.1. The Morgan fingerprint density at radius 2 is 1.50 bits per heavy atom. The molecule has 3 aromatic rings. The molecule has 1 aromatic heterocycles. The van der Waals surface area contributed by atoms with Gasteiger partial charge in [-0.15, -0.1) is 0 Å². The Hall–Kier alpha value is -2.77. The van der Waals surface area contributed by atoms with Gasteiger partial charge in [-0.3, -0.25) is 9.58 Å². The van der Waals surface area contributed by atoms with Crippen LogP contribution < -0.4 is 5.32 Å². The summed E-state index contributed by atoms with van der Waals surface area (Å²) in [7, 11) is 0. The van der Waals surface area contributed by atoms with Gasteiger partial charge >= 0.3 is 0 Å². The van der Waals surface area contributed by atoms with Crippen molar-refractivity contribution in [3.63, 3.8) is 0 Å². The number of piperazine rings is 1. The molecule has 7 heteroatoms. The molecular formula is C25H30FN5S. The highest BCUT2D eigenvalue weighted by Crippen LogP contribution is 2.22. The Labute approximate surface area is 194 Å². The molecule has 0 atom stereocenters. The van der Waals surface area contributed by atoms with Gasteiger partial charge in [0.15, 0.2) is 5.11 Å². The number of hydrogen-bond donors (Lipinski definition) is 1. The van der Waals surface area contributed by atoms with E-state index in [4.69, 9.17) is 12.2 Å². The fourth-order valence-electron chi connectivity index (χ4n) is 4.04. The number of aryl methyl sites for hydroxylation is 2. The van der Waals surface area contributed by atoms with Crippen molar-refractivity contribution in [1.29, 1.82) is 0 Å². The van der Waals surface area contributed by atoms with Crippen molar-refractivity contribution in [1.82, 2.24) is 19.6 Å². The van der Waals surface area contributed by atoms with E-state index in [1.54, 1.807) is 12.1 Å². The molecule has 4 rings (SSSR count). The van der Waals surface area contributed by atoms with Crippen LogP contribution in [0.4, 0.5) is 10.1 Å². The van der Waals surface area contributed by atoms with Crippen LogP contribution in [-0.2, 0) is 13.1 Å². The summed E-state index contributed by atoms with van der Waals surface area (Å²) >= 11 is 5.73. The molecule has 1 fully saturated rings. The number of nitrogens with zero attached hydrogens (tertiary/aromatic N) is 4. The lowest BCUT2D eigenvalue weighted by molar-refractivity contribution is 0.177. The number of benzene rings is 2. The Bertz CT molecular complexity index is 1070. The fraction of sp³-hybridized carbons (Fsp3) is 0.360. The van der Waals surface area contributed by atoms with Crippen molar-refractivity contribution in [2.75, 3.05) is 31.5 Å². The van der Waals surface area contributed by atoms with E-state index in [1.165, 1.54) is 23.3 Å². The Morgan fingerprint density at radius 1 is 0.906 bits per heavy atom. The maximum atomic E-state index is 13.2. The minimum atomic E-state index is -0.228. The minimum absolute atomic E-state index is 0.228. The number of anilines is 1. The van der Waals surface area contributed by atoms with Crippen LogP contribution in [0.15, 0.2) is 48.5 Å². The van der Waals surface area contributed by atoms with E-state index in [1.807, 2.05) is 18.5 Å². The summed E-state index contributed by atoms with van der Waals surface area (Å²) in [6, 6.07) is 15.3. The van der Waals surface area contributed by atoms with Crippen LogP contribution in [0.3, 0.4) is 0 Å². The van der Waals surface area contributed by atoms with Gasteiger partial charge in [0.2, 0.25) is 0 Å². The first-order valence-corrected chi connectivity index (χ1v) is 11.4. The average Bonchev–Trinajstić information content (AvgIpc) is 3.04. The second-order valence-corrected chi connectivity index (χ2v) is 8.90. The van der Waals surface area contributed by atoms with Gasteiger partial charge in [-0.25, -0.2) is 4.39 Å². The molecule has 1 saturated heterocycles. The predicted octanol–water partition coefficient (Wildman–Crippen LogP) is 4.51. The molecule has 1 N–H and O–H groups in total. The van der Waals surface area contributed by atoms with E-state index >= 15 is 0 Å². The van der Waals surface area contributed by atoms with Crippen molar-refractivity contribution < 1.29 is 4.39 Å². The van der Waals surface area contributed by atoms with Crippen molar-refractivity contribution in [2.45, 2.75) is 33.9 Å². The Balaban J connectivity index is 1.33. The van der Waals surface area contributed by atoms with Gasteiger partial charge in [0.05, 0.1) is 23.6 Å². The highest BCUT2D eigenvalue weighted by Gasteiger charge is 2.21. The summed E-state index contributed by atoms with van der Waals surface area (Å²) in [6.45, 7) is 11.5. The zero-order valence-corrected chi connectivity index (χ0v) is 19.8. The average molecular weight is 452 g/mol. The monoisotopic (exact) mass is 451 g/mol. The van der Waals surface area contributed by atoms with Crippen molar-refractivity contribution >= 4 is 23.0 Å². The first-order valence-electron chi connectivity index (χ1n) is 11.0. The maximum Gasteiger partial charge on any atom is 0.173 e. The van der Waals surface area contributed by atoms with Crippen LogP contribution in [0, 0.1) is 26.6 Å². The third-order valence-electron chi connectivity index (χ3n) is 6.05. The third-order valence-corrected chi connectivity index (χ3v) is 6.41. The number of hydrogen-bond acceptors (Lipinski definition) is 3. The van der Waals surface area contributed by atoms with E-state index in [0.29, 0.717) is 6.54 Å². The highest BCUT2D eigenvalue weighted by molar-refractivity contribution is 7.80.